The van der Waals surface area contributed by atoms with Gasteiger partial charge >= 0.3 is 0 Å². The van der Waals surface area contributed by atoms with Crippen molar-refractivity contribution in [3.05, 3.63) is 82.1 Å². The molecule has 2 aromatic carbocycles. The molecule has 1 atom stereocenters. The van der Waals surface area contributed by atoms with E-state index in [1.54, 1.807) is 48.5 Å². The molecule has 9 heteroatoms. The molecule has 148 valence electrons. The Balaban J connectivity index is 1.71. The first kappa shape index (κ1) is 19.8. The van der Waals surface area contributed by atoms with Crippen molar-refractivity contribution in [3.63, 3.8) is 0 Å². The molecule has 0 aliphatic heterocycles. The molecule has 3 aromatic rings. The van der Waals surface area contributed by atoms with Crippen LogP contribution in [0.3, 0.4) is 0 Å². The third-order valence-corrected chi connectivity index (χ3v) is 4.02. The number of amides is 1. The number of hydrazone groups is 1. The number of carbonyl (C=O) groups is 1. The number of aliphatic hydroxyl groups is 1. The molecule has 0 saturated heterocycles. The van der Waals surface area contributed by atoms with E-state index in [4.69, 9.17) is 9.15 Å². The summed E-state index contributed by atoms with van der Waals surface area (Å²) in [6.45, 7) is 0. The summed E-state index contributed by atoms with van der Waals surface area (Å²) in [6.07, 6.45) is -0.128. The molecule has 1 amide bonds. The number of hydrogen-bond donors (Lipinski definition) is 2. The first-order valence-electron chi connectivity index (χ1n) is 8.48. The zero-order chi connectivity index (χ0) is 20.8. The van der Waals surface area contributed by atoms with Gasteiger partial charge in [-0.1, -0.05) is 30.3 Å². The summed E-state index contributed by atoms with van der Waals surface area (Å²) >= 11 is 0. The molecule has 9 nitrogen and oxygen atoms in total. The fourth-order valence-electron chi connectivity index (χ4n) is 2.57. The highest BCUT2D eigenvalue weighted by Crippen LogP contribution is 2.33. The summed E-state index contributed by atoms with van der Waals surface area (Å²) in [6, 6.07) is 15.9. The van der Waals surface area contributed by atoms with Gasteiger partial charge in [-0.2, -0.15) is 5.10 Å². The number of nitro groups is 1. The number of nitro benzene ring substituents is 1. The number of ether oxygens (including phenoxy) is 1. The Labute approximate surface area is 165 Å². The van der Waals surface area contributed by atoms with Gasteiger partial charge < -0.3 is 14.3 Å². The van der Waals surface area contributed by atoms with Crippen molar-refractivity contribution in [1.82, 2.24) is 5.43 Å². The summed E-state index contributed by atoms with van der Waals surface area (Å²) in [5.74, 6) is 0.176. The van der Waals surface area contributed by atoms with Gasteiger partial charge in [-0.25, -0.2) is 5.43 Å². The Kier molecular flexibility index (Phi) is 6.00. The predicted octanol–water partition coefficient (Wildman–Crippen LogP) is 3.05. The lowest BCUT2D eigenvalue weighted by Gasteiger charge is -2.08. The Morgan fingerprint density at radius 1 is 1.24 bits per heavy atom. The van der Waals surface area contributed by atoms with Gasteiger partial charge in [0.1, 0.15) is 17.3 Å². The molecular formula is C20H17N3O6. The first-order valence-corrected chi connectivity index (χ1v) is 8.48. The van der Waals surface area contributed by atoms with Crippen molar-refractivity contribution < 1.29 is 24.0 Å². The zero-order valence-electron chi connectivity index (χ0n) is 15.3. The maximum atomic E-state index is 11.9. The molecule has 2 N–H and O–H groups in total. The van der Waals surface area contributed by atoms with Crippen molar-refractivity contribution in [3.8, 4) is 17.1 Å². The number of hydrogen-bond acceptors (Lipinski definition) is 7. The largest absolute Gasteiger partial charge is 0.497 e. The maximum absolute atomic E-state index is 11.9. The minimum atomic E-state index is -1.36. The molecule has 0 bridgehead atoms. The van der Waals surface area contributed by atoms with Gasteiger partial charge in [-0.15, -0.1) is 0 Å². The molecule has 3 rings (SSSR count). The summed E-state index contributed by atoms with van der Waals surface area (Å²) in [4.78, 5) is 22.7. The standard InChI is InChI=1S/C20H17N3O6/c1-28-14-7-9-16(17(11-14)23(26)27)18-10-8-15(29-18)12-21-22-20(25)19(24)13-5-3-2-4-6-13/h2-12,19,24H,1H3,(H,22,25)/b21-12-/t19-/m1/s1. The number of carbonyl (C=O) groups excluding carboxylic acids is 1. The summed E-state index contributed by atoms with van der Waals surface area (Å²) in [5, 5.41) is 25.0. The Hall–Kier alpha value is -3.98. The van der Waals surface area contributed by atoms with E-state index >= 15 is 0 Å². The van der Waals surface area contributed by atoms with Gasteiger partial charge in [-0.05, 0) is 29.8 Å². The van der Waals surface area contributed by atoms with Gasteiger partial charge in [0.25, 0.3) is 11.6 Å². The number of nitrogens with zero attached hydrogens (tertiary/aromatic N) is 2. The minimum absolute atomic E-state index is 0.165. The lowest BCUT2D eigenvalue weighted by molar-refractivity contribution is -0.384. The zero-order valence-corrected chi connectivity index (χ0v) is 15.3. The molecule has 0 saturated carbocycles. The van der Waals surface area contributed by atoms with Crippen LogP contribution in [0.15, 0.2) is 70.2 Å². The number of nitrogens with one attached hydrogen (secondary N) is 1. The first-order chi connectivity index (χ1) is 14.0. The topological polar surface area (TPSA) is 127 Å². The Morgan fingerprint density at radius 2 is 2.00 bits per heavy atom. The molecule has 29 heavy (non-hydrogen) atoms. The summed E-state index contributed by atoms with van der Waals surface area (Å²) < 4.78 is 10.6. The second-order valence-corrected chi connectivity index (χ2v) is 5.89. The average Bonchev–Trinajstić information content (AvgIpc) is 3.21. The Bertz CT molecular complexity index is 1050. The predicted molar refractivity (Wildman–Crippen MR) is 104 cm³/mol. The van der Waals surface area contributed by atoms with Crippen LogP contribution in [0.4, 0.5) is 5.69 Å². The second kappa shape index (κ2) is 8.81. The number of benzene rings is 2. The van der Waals surface area contributed by atoms with Gasteiger partial charge in [0.05, 0.1) is 29.9 Å². The van der Waals surface area contributed by atoms with Gasteiger partial charge in [0, 0.05) is 0 Å². The fraction of sp³-hybridized carbons (Fsp3) is 0.100. The van der Waals surface area contributed by atoms with Crippen LogP contribution in [0.5, 0.6) is 5.75 Å². The monoisotopic (exact) mass is 395 g/mol. The average molecular weight is 395 g/mol. The smallest absolute Gasteiger partial charge is 0.284 e. The molecule has 0 radical (unpaired) electrons. The lowest BCUT2D eigenvalue weighted by atomic mass is 10.1. The van der Waals surface area contributed by atoms with Crippen LogP contribution in [0.1, 0.15) is 17.4 Å². The number of rotatable bonds is 7. The maximum Gasteiger partial charge on any atom is 0.284 e. The molecular weight excluding hydrogens is 378 g/mol. The van der Waals surface area contributed by atoms with Crippen molar-refractivity contribution in [2.45, 2.75) is 6.10 Å². The lowest BCUT2D eigenvalue weighted by Crippen LogP contribution is -2.25. The number of methoxy groups -OCH3 is 1. The highest BCUT2D eigenvalue weighted by molar-refractivity contribution is 5.84. The van der Waals surface area contributed by atoms with E-state index in [1.807, 2.05) is 0 Å². The second-order valence-electron chi connectivity index (χ2n) is 5.89. The van der Waals surface area contributed by atoms with Crippen molar-refractivity contribution in [2.24, 2.45) is 5.10 Å². The van der Waals surface area contributed by atoms with Gasteiger partial charge in [0.15, 0.2) is 6.10 Å². The van der Waals surface area contributed by atoms with E-state index in [1.165, 1.54) is 25.5 Å². The van der Waals surface area contributed by atoms with Gasteiger partial charge in [-0.3, -0.25) is 14.9 Å². The quantitative estimate of drug-likeness (QED) is 0.360. The third-order valence-electron chi connectivity index (χ3n) is 4.02. The van der Waals surface area contributed by atoms with Crippen LogP contribution in [-0.4, -0.2) is 29.3 Å². The van der Waals surface area contributed by atoms with Crippen LogP contribution in [0, 0.1) is 10.1 Å². The molecule has 0 unspecified atom stereocenters. The SMILES string of the molecule is COc1ccc(-c2ccc(/C=N\NC(=O)[C@H](O)c3ccccc3)o2)c([N+](=O)[O-])c1. The van der Waals surface area contributed by atoms with Crippen LogP contribution >= 0.6 is 0 Å². The highest BCUT2D eigenvalue weighted by atomic mass is 16.6. The molecule has 1 aromatic heterocycles. The van der Waals surface area contributed by atoms with Crippen LogP contribution in [0.2, 0.25) is 0 Å². The fourth-order valence-corrected chi connectivity index (χ4v) is 2.57. The summed E-state index contributed by atoms with van der Waals surface area (Å²) in [7, 11) is 1.42. The van der Waals surface area contributed by atoms with E-state index in [0.717, 1.165) is 0 Å². The Morgan fingerprint density at radius 3 is 2.69 bits per heavy atom. The molecule has 0 fully saturated rings. The van der Waals surface area contributed by atoms with Crippen molar-refractivity contribution in [1.29, 1.82) is 0 Å². The normalized spacial score (nSPS) is 11.9. The minimum Gasteiger partial charge on any atom is -0.497 e. The van der Waals surface area contributed by atoms with Crippen LogP contribution in [0.25, 0.3) is 11.3 Å². The molecule has 0 spiro atoms. The van der Waals surface area contributed by atoms with Crippen LogP contribution in [-0.2, 0) is 4.79 Å². The van der Waals surface area contributed by atoms with E-state index in [9.17, 15) is 20.0 Å². The van der Waals surface area contributed by atoms with E-state index in [0.29, 0.717) is 11.3 Å². The molecule has 0 aliphatic carbocycles. The number of aliphatic hydroxyl groups excluding tert-OH is 1. The number of furan rings is 1. The molecule has 0 aliphatic rings. The highest BCUT2D eigenvalue weighted by Gasteiger charge is 2.19. The van der Waals surface area contributed by atoms with E-state index < -0.39 is 16.9 Å². The van der Waals surface area contributed by atoms with Crippen molar-refractivity contribution >= 4 is 17.8 Å². The van der Waals surface area contributed by atoms with E-state index in [-0.39, 0.29) is 22.8 Å². The third kappa shape index (κ3) is 4.66. The van der Waals surface area contributed by atoms with Gasteiger partial charge in [0.2, 0.25) is 0 Å². The van der Waals surface area contributed by atoms with E-state index in [2.05, 4.69) is 10.5 Å². The van der Waals surface area contributed by atoms with Crippen LogP contribution < -0.4 is 10.2 Å². The molecule has 1 heterocycles. The van der Waals surface area contributed by atoms with Crippen molar-refractivity contribution in [2.75, 3.05) is 7.11 Å². The summed E-state index contributed by atoms with van der Waals surface area (Å²) in [5.41, 5.74) is 2.77.